The predicted octanol–water partition coefficient (Wildman–Crippen LogP) is 1.36. The molecule has 0 radical (unpaired) electrons. The number of nitrogen functional groups attached to an aromatic ring is 1. The first-order valence-electron chi connectivity index (χ1n) is 5.73. The molecule has 0 fully saturated rings. The molecule has 2 amide bonds. The van der Waals surface area contributed by atoms with E-state index in [0.717, 1.165) is 0 Å². The van der Waals surface area contributed by atoms with Gasteiger partial charge in [0.05, 0.1) is 4.90 Å². The minimum Gasteiger partial charge on any atom is -0.398 e. The van der Waals surface area contributed by atoms with Crippen LogP contribution in [0.2, 0.25) is 0 Å². The highest BCUT2D eigenvalue weighted by atomic mass is 32.2. The van der Waals surface area contributed by atoms with Crippen LogP contribution in [0.4, 0.5) is 10.5 Å². The van der Waals surface area contributed by atoms with E-state index in [1.807, 2.05) is 4.72 Å². The average Bonchev–Trinajstić information content (AvgIpc) is 2.17. The van der Waals surface area contributed by atoms with Crippen molar-refractivity contribution in [3.8, 4) is 0 Å². The molecular formula is C12H19N3O3S. The molecule has 0 saturated heterocycles. The van der Waals surface area contributed by atoms with Crippen molar-refractivity contribution < 1.29 is 13.2 Å². The molecule has 4 N–H and O–H groups in total. The van der Waals surface area contributed by atoms with Crippen molar-refractivity contribution in [3.63, 3.8) is 0 Å². The van der Waals surface area contributed by atoms with E-state index in [1.54, 1.807) is 33.8 Å². The number of anilines is 1. The van der Waals surface area contributed by atoms with Crippen molar-refractivity contribution in [2.75, 3.05) is 5.73 Å². The van der Waals surface area contributed by atoms with Crippen LogP contribution in [0, 0.1) is 6.92 Å². The topological polar surface area (TPSA) is 101 Å². The lowest BCUT2D eigenvalue weighted by Gasteiger charge is -2.21. The molecule has 0 atom stereocenters. The molecular weight excluding hydrogens is 266 g/mol. The highest BCUT2D eigenvalue weighted by Gasteiger charge is 2.22. The SMILES string of the molecule is Cc1c(N)cccc1S(=O)(=O)NC(=O)NC(C)(C)C. The third-order valence-corrected chi connectivity index (χ3v) is 3.81. The summed E-state index contributed by atoms with van der Waals surface area (Å²) in [6.45, 7) is 6.85. The molecule has 19 heavy (non-hydrogen) atoms. The molecule has 1 aromatic rings. The quantitative estimate of drug-likeness (QED) is 0.714. The maximum absolute atomic E-state index is 12.1. The van der Waals surface area contributed by atoms with Gasteiger partial charge in [-0.2, -0.15) is 0 Å². The summed E-state index contributed by atoms with van der Waals surface area (Å²) in [6.07, 6.45) is 0. The monoisotopic (exact) mass is 285 g/mol. The molecule has 1 rings (SSSR count). The summed E-state index contributed by atoms with van der Waals surface area (Å²) in [6, 6.07) is 3.76. The standard InChI is InChI=1S/C12H19N3O3S/c1-8-9(13)6-5-7-10(8)19(17,18)15-11(16)14-12(2,3)4/h5-7H,13H2,1-4H3,(H2,14,15,16). The van der Waals surface area contributed by atoms with Crippen LogP contribution < -0.4 is 15.8 Å². The Hall–Kier alpha value is -1.76. The van der Waals surface area contributed by atoms with Gasteiger partial charge in [0, 0.05) is 11.2 Å². The van der Waals surface area contributed by atoms with E-state index < -0.39 is 21.6 Å². The van der Waals surface area contributed by atoms with E-state index in [0.29, 0.717) is 11.3 Å². The van der Waals surface area contributed by atoms with Gasteiger partial charge < -0.3 is 11.1 Å². The number of hydrogen-bond donors (Lipinski definition) is 3. The van der Waals surface area contributed by atoms with Gasteiger partial charge in [-0.25, -0.2) is 17.9 Å². The zero-order valence-corrected chi connectivity index (χ0v) is 12.3. The van der Waals surface area contributed by atoms with Gasteiger partial charge in [0.15, 0.2) is 0 Å². The molecule has 1 aromatic carbocycles. The summed E-state index contributed by atoms with van der Waals surface area (Å²) < 4.78 is 26.1. The van der Waals surface area contributed by atoms with E-state index in [-0.39, 0.29) is 4.90 Å². The minimum absolute atomic E-state index is 0.00319. The number of sulfonamides is 1. The number of carbonyl (C=O) groups is 1. The maximum Gasteiger partial charge on any atom is 0.329 e. The van der Waals surface area contributed by atoms with Crippen molar-refractivity contribution in [2.45, 2.75) is 38.1 Å². The predicted molar refractivity (Wildman–Crippen MR) is 74.2 cm³/mol. The van der Waals surface area contributed by atoms with Gasteiger partial charge in [-0.1, -0.05) is 6.07 Å². The zero-order chi connectivity index (χ0) is 14.8. The molecule has 0 unspecified atom stereocenters. The number of urea groups is 1. The van der Waals surface area contributed by atoms with Crippen molar-refractivity contribution in [3.05, 3.63) is 23.8 Å². The van der Waals surface area contributed by atoms with Crippen LogP contribution in [0.3, 0.4) is 0 Å². The Morgan fingerprint density at radius 1 is 1.26 bits per heavy atom. The van der Waals surface area contributed by atoms with Crippen molar-refractivity contribution >= 4 is 21.7 Å². The van der Waals surface area contributed by atoms with E-state index in [9.17, 15) is 13.2 Å². The summed E-state index contributed by atoms with van der Waals surface area (Å²) in [5.74, 6) is 0. The zero-order valence-electron chi connectivity index (χ0n) is 11.4. The summed E-state index contributed by atoms with van der Waals surface area (Å²) >= 11 is 0. The van der Waals surface area contributed by atoms with E-state index >= 15 is 0 Å². The fraction of sp³-hybridized carbons (Fsp3) is 0.417. The third kappa shape index (κ3) is 4.13. The summed E-state index contributed by atoms with van der Waals surface area (Å²) in [7, 11) is -3.93. The summed E-state index contributed by atoms with van der Waals surface area (Å²) in [4.78, 5) is 11.6. The number of carbonyl (C=O) groups excluding carboxylic acids is 1. The Balaban J connectivity index is 3.00. The lowest BCUT2D eigenvalue weighted by atomic mass is 10.1. The van der Waals surface area contributed by atoms with Gasteiger partial charge in [0.2, 0.25) is 0 Å². The van der Waals surface area contributed by atoms with Crippen LogP contribution in [0.25, 0.3) is 0 Å². The smallest absolute Gasteiger partial charge is 0.329 e. The van der Waals surface area contributed by atoms with Gasteiger partial charge in [0.25, 0.3) is 10.0 Å². The number of rotatable bonds is 2. The number of hydrogen-bond acceptors (Lipinski definition) is 4. The first-order chi connectivity index (χ1) is 8.53. The van der Waals surface area contributed by atoms with Gasteiger partial charge in [-0.15, -0.1) is 0 Å². The second-order valence-electron chi connectivity index (χ2n) is 5.28. The second-order valence-corrected chi connectivity index (χ2v) is 6.93. The molecule has 0 aliphatic rings. The third-order valence-electron chi connectivity index (χ3n) is 2.33. The summed E-state index contributed by atoms with van der Waals surface area (Å²) in [5.41, 5.74) is 5.91. The van der Waals surface area contributed by atoms with Crippen LogP contribution >= 0.6 is 0 Å². The fourth-order valence-corrected chi connectivity index (χ4v) is 2.65. The Kier molecular flexibility index (Phi) is 4.09. The molecule has 0 saturated carbocycles. The lowest BCUT2D eigenvalue weighted by molar-refractivity contribution is 0.237. The van der Waals surface area contributed by atoms with Gasteiger partial charge in [0.1, 0.15) is 0 Å². The number of nitrogens with one attached hydrogen (secondary N) is 2. The van der Waals surface area contributed by atoms with Crippen LogP contribution in [-0.2, 0) is 10.0 Å². The second kappa shape index (κ2) is 5.08. The fourth-order valence-electron chi connectivity index (χ4n) is 1.47. The molecule has 0 aliphatic carbocycles. The van der Waals surface area contributed by atoms with Crippen molar-refractivity contribution in [1.29, 1.82) is 0 Å². The van der Waals surface area contributed by atoms with Crippen molar-refractivity contribution in [1.82, 2.24) is 10.0 Å². The Bertz CT molecular complexity index is 589. The molecule has 6 nitrogen and oxygen atoms in total. The van der Waals surface area contributed by atoms with Gasteiger partial charge >= 0.3 is 6.03 Å². The first-order valence-corrected chi connectivity index (χ1v) is 7.21. The van der Waals surface area contributed by atoms with E-state index in [2.05, 4.69) is 5.32 Å². The van der Waals surface area contributed by atoms with E-state index in [4.69, 9.17) is 5.73 Å². The van der Waals surface area contributed by atoms with Crippen LogP contribution in [-0.4, -0.2) is 20.0 Å². The normalized spacial score (nSPS) is 12.0. The van der Waals surface area contributed by atoms with Crippen molar-refractivity contribution in [2.24, 2.45) is 0 Å². The maximum atomic E-state index is 12.1. The highest BCUT2D eigenvalue weighted by Crippen LogP contribution is 2.20. The number of amides is 2. The molecule has 0 aromatic heterocycles. The number of nitrogens with two attached hydrogens (primary N) is 1. The molecule has 0 heterocycles. The summed E-state index contributed by atoms with van der Waals surface area (Å²) in [5, 5.41) is 2.52. The minimum atomic E-state index is -3.93. The lowest BCUT2D eigenvalue weighted by Crippen LogP contribution is -2.48. The van der Waals surface area contributed by atoms with Crippen LogP contribution in [0.15, 0.2) is 23.1 Å². The number of benzene rings is 1. The van der Waals surface area contributed by atoms with Crippen LogP contribution in [0.5, 0.6) is 0 Å². The first kappa shape index (κ1) is 15.3. The Morgan fingerprint density at radius 3 is 2.37 bits per heavy atom. The Morgan fingerprint density at radius 2 is 1.84 bits per heavy atom. The van der Waals surface area contributed by atoms with Gasteiger partial charge in [-0.05, 0) is 45.4 Å². The highest BCUT2D eigenvalue weighted by molar-refractivity contribution is 7.90. The molecule has 0 spiro atoms. The Labute approximate surface area is 113 Å². The average molecular weight is 285 g/mol. The molecule has 0 bridgehead atoms. The largest absolute Gasteiger partial charge is 0.398 e. The molecule has 0 aliphatic heterocycles. The molecule has 7 heteroatoms. The van der Waals surface area contributed by atoms with Crippen LogP contribution in [0.1, 0.15) is 26.3 Å². The molecule has 106 valence electrons. The van der Waals surface area contributed by atoms with Gasteiger partial charge in [-0.3, -0.25) is 0 Å². The van der Waals surface area contributed by atoms with E-state index in [1.165, 1.54) is 12.1 Å².